The summed E-state index contributed by atoms with van der Waals surface area (Å²) < 4.78 is 21.8. The second-order valence-corrected chi connectivity index (χ2v) is 9.57. The summed E-state index contributed by atoms with van der Waals surface area (Å²) in [6.45, 7) is 0.542. The van der Waals surface area contributed by atoms with Crippen molar-refractivity contribution >= 4 is 17.6 Å². The van der Waals surface area contributed by atoms with Crippen LogP contribution in [0.2, 0.25) is 0 Å². The second-order valence-electron chi connectivity index (χ2n) is 9.57. The molecule has 2 heterocycles. The monoisotopic (exact) mass is 524 g/mol. The predicted molar refractivity (Wildman–Crippen MR) is 141 cm³/mol. The number of piperazine rings is 1. The average molecular weight is 525 g/mol. The topological polar surface area (TPSA) is 94.6 Å². The molecule has 9 nitrogen and oxygen atoms in total. The number of hydrogen-bond donors (Lipinski definition) is 0. The van der Waals surface area contributed by atoms with Crippen molar-refractivity contribution in [2.24, 2.45) is 0 Å². The molecule has 2 bridgehead atoms. The van der Waals surface area contributed by atoms with Gasteiger partial charge in [-0.2, -0.15) is 0 Å². The number of ether oxygens (including phenoxy) is 4. The van der Waals surface area contributed by atoms with E-state index in [0.29, 0.717) is 25.1 Å². The first-order valence-electron chi connectivity index (χ1n) is 13.0. The highest BCUT2D eigenvalue weighted by molar-refractivity contribution is 6.43. The zero-order valence-corrected chi connectivity index (χ0v) is 22.5. The first-order chi connectivity index (χ1) is 18.4. The average Bonchev–Trinajstić information content (AvgIpc) is 2.96. The van der Waals surface area contributed by atoms with Gasteiger partial charge in [-0.25, -0.2) is 0 Å². The van der Waals surface area contributed by atoms with Crippen molar-refractivity contribution in [1.29, 1.82) is 0 Å². The van der Waals surface area contributed by atoms with Gasteiger partial charge in [0.25, 0.3) is 11.7 Å². The number of hydrogen-bond acceptors (Lipinski definition) is 7. The molecule has 0 N–H and O–H groups in total. The lowest BCUT2D eigenvalue weighted by Crippen LogP contribution is -2.70. The summed E-state index contributed by atoms with van der Waals surface area (Å²) in [4.78, 5) is 43.9. The summed E-state index contributed by atoms with van der Waals surface area (Å²) in [6.07, 6.45) is 4.02. The van der Waals surface area contributed by atoms with Gasteiger partial charge in [0.1, 0.15) is 6.04 Å². The minimum atomic E-state index is -0.736. The number of amides is 2. The summed E-state index contributed by atoms with van der Waals surface area (Å²) in [5.41, 5.74) is 1.37. The number of rotatable bonds is 11. The molecular weight excluding hydrogens is 488 g/mol. The van der Waals surface area contributed by atoms with Gasteiger partial charge in [0.2, 0.25) is 11.7 Å². The Kier molecular flexibility index (Phi) is 8.89. The SMILES string of the molecule is COc1cc(C(=O)C(=O)N2C3CCCC2C(OC)N(CCCCc2ccccc2)C3=O)cc(OC)c1OC. The molecule has 0 radical (unpaired) electrons. The molecule has 0 spiro atoms. The number of ketones is 1. The molecule has 2 amide bonds. The molecule has 3 unspecified atom stereocenters. The van der Waals surface area contributed by atoms with E-state index >= 15 is 0 Å². The Balaban J connectivity index is 1.52. The molecule has 0 saturated carbocycles. The summed E-state index contributed by atoms with van der Waals surface area (Å²) in [5, 5.41) is 0. The van der Waals surface area contributed by atoms with E-state index in [4.69, 9.17) is 18.9 Å². The van der Waals surface area contributed by atoms with Crippen molar-refractivity contribution in [2.75, 3.05) is 35.0 Å². The fourth-order valence-corrected chi connectivity index (χ4v) is 5.60. The van der Waals surface area contributed by atoms with Gasteiger partial charge in [0.05, 0.1) is 27.4 Å². The van der Waals surface area contributed by atoms with E-state index in [1.807, 2.05) is 18.2 Å². The molecule has 3 atom stereocenters. The zero-order chi connectivity index (χ0) is 27.2. The fraction of sp³-hybridized carbons (Fsp3) is 0.483. The van der Waals surface area contributed by atoms with E-state index in [0.717, 1.165) is 25.7 Å². The number of benzene rings is 2. The maximum atomic E-state index is 13.6. The molecule has 204 valence electrons. The normalized spacial score (nSPS) is 20.7. The van der Waals surface area contributed by atoms with Crippen LogP contribution in [0.1, 0.15) is 48.0 Å². The molecule has 2 aromatic carbocycles. The molecule has 2 saturated heterocycles. The van der Waals surface area contributed by atoms with Crippen LogP contribution in [0.25, 0.3) is 0 Å². The number of aryl methyl sites for hydroxylation is 1. The number of Topliss-reactive ketones (excluding diaryl/α,β-unsaturated/α-hetero) is 1. The minimum absolute atomic E-state index is 0.104. The van der Waals surface area contributed by atoms with Gasteiger partial charge in [-0.1, -0.05) is 30.3 Å². The van der Waals surface area contributed by atoms with Crippen LogP contribution >= 0.6 is 0 Å². The number of methoxy groups -OCH3 is 4. The van der Waals surface area contributed by atoms with E-state index in [1.54, 1.807) is 12.0 Å². The standard InChI is InChI=1S/C29H36N2O7/c1-35-23-17-20(18-24(36-2)26(23)37-3)25(32)28(34)31-21-14-10-15-22(31)29(38-4)30(27(21)33)16-9-8-13-19-11-6-5-7-12-19/h5-7,11-12,17-18,21-22,29H,8-10,13-16H2,1-4H3. The molecule has 2 fully saturated rings. The molecule has 2 aliphatic heterocycles. The number of piperidine rings is 1. The third-order valence-corrected chi connectivity index (χ3v) is 7.43. The van der Waals surface area contributed by atoms with Crippen LogP contribution in [-0.2, 0) is 20.7 Å². The van der Waals surface area contributed by atoms with Gasteiger partial charge in [0, 0.05) is 19.2 Å². The third-order valence-electron chi connectivity index (χ3n) is 7.43. The first kappa shape index (κ1) is 27.4. The largest absolute Gasteiger partial charge is 0.493 e. The fourth-order valence-electron chi connectivity index (χ4n) is 5.60. The molecule has 0 aromatic heterocycles. The Morgan fingerprint density at radius 1 is 0.921 bits per heavy atom. The molecule has 4 rings (SSSR count). The Labute approximate surface area is 223 Å². The van der Waals surface area contributed by atoms with E-state index in [9.17, 15) is 14.4 Å². The zero-order valence-electron chi connectivity index (χ0n) is 22.5. The Bertz CT molecular complexity index is 1130. The van der Waals surface area contributed by atoms with Gasteiger partial charge in [-0.3, -0.25) is 14.4 Å². The molecule has 2 aliphatic rings. The summed E-state index contributed by atoms with van der Waals surface area (Å²) in [7, 11) is 5.90. The maximum absolute atomic E-state index is 13.6. The van der Waals surface area contributed by atoms with Crippen LogP contribution in [0, 0.1) is 0 Å². The smallest absolute Gasteiger partial charge is 0.296 e. The number of likely N-dealkylation sites (tertiary alicyclic amines) is 1. The van der Waals surface area contributed by atoms with Crippen molar-refractivity contribution in [2.45, 2.75) is 56.8 Å². The lowest BCUT2D eigenvalue weighted by molar-refractivity contribution is -0.186. The summed E-state index contributed by atoms with van der Waals surface area (Å²) in [6, 6.07) is 12.1. The van der Waals surface area contributed by atoms with Gasteiger partial charge in [-0.15, -0.1) is 0 Å². The Hall–Kier alpha value is -3.59. The Morgan fingerprint density at radius 3 is 2.21 bits per heavy atom. The van der Waals surface area contributed by atoms with Gasteiger partial charge in [0.15, 0.2) is 17.7 Å². The van der Waals surface area contributed by atoms with Crippen LogP contribution in [0.15, 0.2) is 42.5 Å². The maximum Gasteiger partial charge on any atom is 0.296 e. The van der Waals surface area contributed by atoms with Crippen LogP contribution in [-0.4, -0.2) is 80.7 Å². The molecule has 38 heavy (non-hydrogen) atoms. The van der Waals surface area contributed by atoms with E-state index in [2.05, 4.69) is 12.1 Å². The highest BCUT2D eigenvalue weighted by Gasteiger charge is 2.52. The van der Waals surface area contributed by atoms with Crippen LogP contribution < -0.4 is 14.2 Å². The number of nitrogens with zero attached hydrogens (tertiary/aromatic N) is 2. The number of fused-ring (bicyclic) bond motifs is 2. The predicted octanol–water partition coefficient (Wildman–Crippen LogP) is 3.48. The second kappa shape index (κ2) is 12.3. The van der Waals surface area contributed by atoms with Crippen LogP contribution in [0.3, 0.4) is 0 Å². The lowest BCUT2D eigenvalue weighted by Gasteiger charge is -2.52. The number of unbranched alkanes of at least 4 members (excludes halogenated alkanes) is 1. The first-order valence-corrected chi connectivity index (χ1v) is 13.0. The van der Waals surface area contributed by atoms with Crippen molar-refractivity contribution in [3.63, 3.8) is 0 Å². The molecule has 0 aliphatic carbocycles. The Morgan fingerprint density at radius 2 is 1.61 bits per heavy atom. The van der Waals surface area contributed by atoms with Gasteiger partial charge >= 0.3 is 0 Å². The number of carbonyl (C=O) groups is 3. The summed E-state index contributed by atoms with van der Waals surface area (Å²) >= 11 is 0. The van der Waals surface area contributed by atoms with Crippen molar-refractivity contribution in [3.8, 4) is 17.2 Å². The number of carbonyl (C=O) groups excluding carboxylic acids is 3. The van der Waals surface area contributed by atoms with E-state index in [1.165, 1.54) is 43.9 Å². The molecular formula is C29H36N2O7. The highest BCUT2D eigenvalue weighted by Crippen LogP contribution is 2.39. The van der Waals surface area contributed by atoms with Crippen molar-refractivity contribution in [1.82, 2.24) is 9.80 Å². The third kappa shape index (κ3) is 5.34. The lowest BCUT2D eigenvalue weighted by atomic mass is 9.88. The molecule has 2 aromatic rings. The van der Waals surface area contributed by atoms with Crippen LogP contribution in [0.4, 0.5) is 0 Å². The van der Waals surface area contributed by atoms with E-state index in [-0.39, 0.29) is 23.0 Å². The van der Waals surface area contributed by atoms with Crippen molar-refractivity contribution in [3.05, 3.63) is 53.6 Å². The molecule has 9 heteroatoms. The quantitative estimate of drug-likeness (QED) is 0.252. The minimum Gasteiger partial charge on any atom is -0.493 e. The van der Waals surface area contributed by atoms with E-state index < -0.39 is 30.0 Å². The van der Waals surface area contributed by atoms with Crippen LogP contribution in [0.5, 0.6) is 17.2 Å². The van der Waals surface area contributed by atoms with Crippen molar-refractivity contribution < 1.29 is 33.3 Å². The van der Waals surface area contributed by atoms with Gasteiger partial charge in [-0.05, 0) is 56.2 Å². The van der Waals surface area contributed by atoms with Gasteiger partial charge < -0.3 is 28.7 Å². The highest BCUT2D eigenvalue weighted by atomic mass is 16.5. The summed E-state index contributed by atoms with van der Waals surface area (Å²) in [5.74, 6) is -0.762.